The van der Waals surface area contributed by atoms with Gasteiger partial charge in [-0.3, -0.25) is 4.79 Å². The summed E-state index contributed by atoms with van der Waals surface area (Å²) in [5.74, 6) is -0.311. The first kappa shape index (κ1) is 15.7. The number of para-hydroxylation sites is 1. The van der Waals surface area contributed by atoms with Gasteiger partial charge >= 0.3 is 0 Å². The molecule has 1 amide bonds. The molecule has 1 aromatic carbocycles. The van der Waals surface area contributed by atoms with Crippen LogP contribution in [0.15, 0.2) is 29.2 Å². The molecule has 0 fully saturated rings. The topological polar surface area (TPSA) is 89.3 Å². The highest BCUT2D eigenvalue weighted by Gasteiger charge is 2.27. The van der Waals surface area contributed by atoms with E-state index in [1.807, 2.05) is 0 Å². The lowest BCUT2D eigenvalue weighted by Crippen LogP contribution is -2.37. The molecule has 0 aliphatic rings. The third kappa shape index (κ3) is 3.54. The van der Waals surface area contributed by atoms with Gasteiger partial charge in [-0.15, -0.1) is 0 Å². The molecule has 0 spiro atoms. The molecule has 0 bridgehead atoms. The number of amides is 1. The standard InChI is InChI=1S/C13H20N2O3S/c1-4-19(17,18)11-8-6-5-7-10(11)15-12(16)13(2,3)9-14/h5-8H,4,9,14H2,1-3H3,(H,15,16). The van der Waals surface area contributed by atoms with Gasteiger partial charge < -0.3 is 11.1 Å². The van der Waals surface area contributed by atoms with E-state index in [1.54, 1.807) is 39.0 Å². The highest BCUT2D eigenvalue weighted by molar-refractivity contribution is 7.91. The van der Waals surface area contributed by atoms with Crippen molar-refractivity contribution in [3.05, 3.63) is 24.3 Å². The Balaban J connectivity index is 3.14. The number of carbonyl (C=O) groups is 1. The van der Waals surface area contributed by atoms with Gasteiger partial charge in [-0.05, 0) is 26.0 Å². The normalized spacial score (nSPS) is 12.2. The van der Waals surface area contributed by atoms with Crippen molar-refractivity contribution in [2.24, 2.45) is 11.1 Å². The van der Waals surface area contributed by atoms with Crippen LogP contribution in [0.4, 0.5) is 5.69 Å². The van der Waals surface area contributed by atoms with E-state index in [1.165, 1.54) is 6.07 Å². The molecule has 0 atom stereocenters. The van der Waals surface area contributed by atoms with Gasteiger partial charge in [-0.25, -0.2) is 8.42 Å². The fourth-order valence-corrected chi connectivity index (χ4v) is 2.43. The van der Waals surface area contributed by atoms with Crippen LogP contribution in [-0.2, 0) is 14.6 Å². The van der Waals surface area contributed by atoms with Crippen LogP contribution in [0, 0.1) is 5.41 Å². The highest BCUT2D eigenvalue weighted by atomic mass is 32.2. The minimum Gasteiger partial charge on any atom is -0.329 e. The first-order chi connectivity index (χ1) is 8.74. The van der Waals surface area contributed by atoms with E-state index in [0.717, 1.165) is 0 Å². The van der Waals surface area contributed by atoms with Crippen LogP contribution >= 0.6 is 0 Å². The number of hydrogen-bond donors (Lipinski definition) is 2. The molecule has 0 radical (unpaired) electrons. The van der Waals surface area contributed by atoms with Crippen LogP contribution in [-0.4, -0.2) is 26.6 Å². The SMILES string of the molecule is CCS(=O)(=O)c1ccccc1NC(=O)C(C)(C)CN. The Bertz CT molecular complexity index is 565. The van der Waals surface area contributed by atoms with E-state index < -0.39 is 15.3 Å². The fraction of sp³-hybridized carbons (Fsp3) is 0.462. The zero-order chi connectivity index (χ0) is 14.7. The van der Waals surface area contributed by atoms with Crippen molar-refractivity contribution in [1.82, 2.24) is 0 Å². The minimum atomic E-state index is -3.37. The molecule has 19 heavy (non-hydrogen) atoms. The molecular weight excluding hydrogens is 264 g/mol. The summed E-state index contributed by atoms with van der Waals surface area (Å²) in [7, 11) is -3.37. The molecule has 0 saturated carbocycles. The Morgan fingerprint density at radius 2 is 1.89 bits per heavy atom. The lowest BCUT2D eigenvalue weighted by molar-refractivity contribution is -0.123. The van der Waals surface area contributed by atoms with Gasteiger partial charge in [0.15, 0.2) is 9.84 Å². The summed E-state index contributed by atoms with van der Waals surface area (Å²) in [5.41, 5.74) is 5.09. The first-order valence-corrected chi connectivity index (χ1v) is 7.73. The van der Waals surface area contributed by atoms with Crippen LogP contribution in [0.2, 0.25) is 0 Å². The van der Waals surface area contributed by atoms with Crippen molar-refractivity contribution in [1.29, 1.82) is 0 Å². The molecule has 1 aromatic rings. The molecule has 0 saturated heterocycles. The zero-order valence-corrected chi connectivity index (χ0v) is 12.3. The van der Waals surface area contributed by atoms with Crippen molar-refractivity contribution < 1.29 is 13.2 Å². The van der Waals surface area contributed by atoms with Crippen LogP contribution in [0.1, 0.15) is 20.8 Å². The molecule has 1 rings (SSSR count). The van der Waals surface area contributed by atoms with Crippen LogP contribution in [0.25, 0.3) is 0 Å². The molecule has 6 heteroatoms. The number of rotatable bonds is 5. The number of benzene rings is 1. The molecular formula is C13H20N2O3S. The lowest BCUT2D eigenvalue weighted by atomic mass is 9.92. The average Bonchev–Trinajstić information content (AvgIpc) is 2.39. The van der Waals surface area contributed by atoms with E-state index in [2.05, 4.69) is 5.32 Å². The summed E-state index contributed by atoms with van der Waals surface area (Å²) in [6, 6.07) is 6.38. The van der Waals surface area contributed by atoms with E-state index in [4.69, 9.17) is 5.73 Å². The Kier molecular flexibility index (Phi) is 4.70. The monoisotopic (exact) mass is 284 g/mol. The van der Waals surface area contributed by atoms with E-state index >= 15 is 0 Å². The number of anilines is 1. The Labute approximate surface area is 114 Å². The number of nitrogens with two attached hydrogens (primary N) is 1. The van der Waals surface area contributed by atoms with E-state index in [-0.39, 0.29) is 23.1 Å². The summed E-state index contributed by atoms with van der Waals surface area (Å²) in [6.07, 6.45) is 0. The predicted molar refractivity (Wildman–Crippen MR) is 75.6 cm³/mol. The number of sulfone groups is 1. The Hall–Kier alpha value is -1.40. The Morgan fingerprint density at radius 1 is 1.32 bits per heavy atom. The molecule has 5 nitrogen and oxygen atoms in total. The molecule has 0 aliphatic carbocycles. The maximum absolute atomic E-state index is 12.0. The second-order valence-corrected chi connectivity index (χ2v) is 7.19. The van der Waals surface area contributed by atoms with Gasteiger partial charge in [-0.1, -0.05) is 19.1 Å². The average molecular weight is 284 g/mol. The summed E-state index contributed by atoms with van der Waals surface area (Å²) in [5, 5.41) is 2.64. The van der Waals surface area contributed by atoms with Crippen LogP contribution < -0.4 is 11.1 Å². The van der Waals surface area contributed by atoms with Crippen molar-refractivity contribution in [2.75, 3.05) is 17.6 Å². The molecule has 3 N–H and O–H groups in total. The lowest BCUT2D eigenvalue weighted by Gasteiger charge is -2.22. The van der Waals surface area contributed by atoms with Gasteiger partial charge in [0, 0.05) is 6.54 Å². The van der Waals surface area contributed by atoms with Gasteiger partial charge in [0.1, 0.15) is 0 Å². The second kappa shape index (κ2) is 5.71. The second-order valence-electron chi connectivity index (χ2n) is 4.94. The van der Waals surface area contributed by atoms with Gasteiger partial charge in [-0.2, -0.15) is 0 Å². The quantitative estimate of drug-likeness (QED) is 0.855. The van der Waals surface area contributed by atoms with Crippen LogP contribution in [0.3, 0.4) is 0 Å². The molecule has 0 aromatic heterocycles. The molecule has 0 heterocycles. The van der Waals surface area contributed by atoms with Crippen molar-refractivity contribution in [2.45, 2.75) is 25.7 Å². The number of hydrogen-bond acceptors (Lipinski definition) is 4. The summed E-state index contributed by atoms with van der Waals surface area (Å²) in [6.45, 7) is 5.16. The largest absolute Gasteiger partial charge is 0.329 e. The summed E-state index contributed by atoms with van der Waals surface area (Å²) < 4.78 is 23.9. The summed E-state index contributed by atoms with van der Waals surface area (Å²) >= 11 is 0. The predicted octanol–water partition coefficient (Wildman–Crippen LogP) is 1.40. The highest BCUT2D eigenvalue weighted by Crippen LogP contribution is 2.24. The third-order valence-corrected chi connectivity index (χ3v) is 4.76. The molecule has 0 unspecified atom stereocenters. The van der Waals surface area contributed by atoms with Crippen molar-refractivity contribution in [3.8, 4) is 0 Å². The van der Waals surface area contributed by atoms with Gasteiger partial charge in [0.05, 0.1) is 21.8 Å². The number of carbonyl (C=O) groups excluding carboxylic acids is 1. The van der Waals surface area contributed by atoms with Gasteiger partial charge in [0.25, 0.3) is 0 Å². The van der Waals surface area contributed by atoms with E-state index in [9.17, 15) is 13.2 Å². The van der Waals surface area contributed by atoms with Gasteiger partial charge in [0.2, 0.25) is 5.91 Å². The minimum absolute atomic E-state index is 0.0137. The summed E-state index contributed by atoms with van der Waals surface area (Å²) in [4.78, 5) is 12.2. The first-order valence-electron chi connectivity index (χ1n) is 6.08. The zero-order valence-electron chi connectivity index (χ0n) is 11.4. The Morgan fingerprint density at radius 3 is 2.42 bits per heavy atom. The van der Waals surface area contributed by atoms with Crippen LogP contribution in [0.5, 0.6) is 0 Å². The third-order valence-electron chi connectivity index (χ3n) is 2.98. The van der Waals surface area contributed by atoms with E-state index in [0.29, 0.717) is 5.69 Å². The molecule has 0 aliphatic heterocycles. The van der Waals surface area contributed by atoms with Crippen molar-refractivity contribution in [3.63, 3.8) is 0 Å². The maximum Gasteiger partial charge on any atom is 0.231 e. The maximum atomic E-state index is 12.0. The number of nitrogens with one attached hydrogen (secondary N) is 1. The van der Waals surface area contributed by atoms with Crippen molar-refractivity contribution >= 4 is 21.4 Å². The molecule has 106 valence electrons. The fourth-order valence-electron chi connectivity index (χ4n) is 1.38. The smallest absolute Gasteiger partial charge is 0.231 e.